The lowest BCUT2D eigenvalue weighted by molar-refractivity contribution is 0.0391. The molecule has 1 aromatic rings. The SMILES string of the molecule is O=S(=O)(C1COC1)N1Cc2ccc(Cl)cc2C1. The van der Waals surface area contributed by atoms with E-state index in [9.17, 15) is 8.42 Å². The van der Waals surface area contributed by atoms with E-state index in [1.165, 1.54) is 4.31 Å². The average Bonchev–Trinajstić information content (AvgIpc) is 2.57. The Morgan fingerprint density at radius 2 is 1.94 bits per heavy atom. The van der Waals surface area contributed by atoms with E-state index < -0.39 is 10.0 Å². The molecule has 0 N–H and O–H groups in total. The van der Waals surface area contributed by atoms with Crippen molar-refractivity contribution in [1.82, 2.24) is 4.31 Å². The van der Waals surface area contributed by atoms with Gasteiger partial charge in [-0.3, -0.25) is 0 Å². The average molecular weight is 274 g/mol. The van der Waals surface area contributed by atoms with Crippen LogP contribution in [0.25, 0.3) is 0 Å². The van der Waals surface area contributed by atoms with Gasteiger partial charge in [-0.05, 0) is 23.3 Å². The van der Waals surface area contributed by atoms with Gasteiger partial charge in [-0.1, -0.05) is 17.7 Å². The minimum absolute atomic E-state index is 0.315. The van der Waals surface area contributed by atoms with Crippen LogP contribution in [0, 0.1) is 0 Å². The summed E-state index contributed by atoms with van der Waals surface area (Å²) in [5, 5.41) is 0.280. The van der Waals surface area contributed by atoms with E-state index in [2.05, 4.69) is 0 Å². The molecule has 0 radical (unpaired) electrons. The lowest BCUT2D eigenvalue weighted by Gasteiger charge is -2.29. The van der Waals surface area contributed by atoms with Crippen LogP contribution in [0.2, 0.25) is 5.02 Å². The maximum absolute atomic E-state index is 12.2. The molecule has 0 atom stereocenters. The fraction of sp³-hybridized carbons (Fsp3) is 0.455. The second-order valence-electron chi connectivity index (χ2n) is 4.39. The normalized spacial score (nSPS) is 21.2. The van der Waals surface area contributed by atoms with Crippen molar-refractivity contribution < 1.29 is 13.2 Å². The molecule has 0 unspecified atom stereocenters. The first-order valence-electron chi connectivity index (χ1n) is 5.41. The Morgan fingerprint density at radius 1 is 1.24 bits per heavy atom. The molecule has 4 nitrogen and oxygen atoms in total. The minimum Gasteiger partial charge on any atom is -0.378 e. The quantitative estimate of drug-likeness (QED) is 0.818. The number of hydrogen-bond acceptors (Lipinski definition) is 3. The second kappa shape index (κ2) is 3.95. The van der Waals surface area contributed by atoms with Crippen LogP contribution in [0.1, 0.15) is 11.1 Å². The van der Waals surface area contributed by atoms with Crippen molar-refractivity contribution in [3.05, 3.63) is 34.3 Å². The van der Waals surface area contributed by atoms with Crippen LogP contribution in [0.15, 0.2) is 18.2 Å². The van der Waals surface area contributed by atoms with E-state index in [-0.39, 0.29) is 5.25 Å². The lowest BCUT2D eigenvalue weighted by atomic mass is 10.1. The standard InChI is InChI=1S/C11H12ClNO3S/c12-10-2-1-8-4-13(5-9(8)3-10)17(14,15)11-6-16-7-11/h1-3,11H,4-7H2. The first kappa shape index (κ1) is 11.5. The second-order valence-corrected chi connectivity index (χ2v) is 7.03. The number of nitrogens with zero attached hydrogens (tertiary/aromatic N) is 1. The fourth-order valence-electron chi connectivity index (χ4n) is 2.11. The Balaban J connectivity index is 1.86. The molecule has 0 saturated carbocycles. The summed E-state index contributed by atoms with van der Waals surface area (Å²) in [5.41, 5.74) is 2.04. The van der Waals surface area contributed by atoms with Gasteiger partial charge in [-0.15, -0.1) is 0 Å². The van der Waals surface area contributed by atoms with Crippen molar-refractivity contribution >= 4 is 21.6 Å². The van der Waals surface area contributed by atoms with E-state index in [1.54, 1.807) is 6.07 Å². The van der Waals surface area contributed by atoms with Gasteiger partial charge in [0, 0.05) is 18.1 Å². The summed E-state index contributed by atoms with van der Waals surface area (Å²) in [6.07, 6.45) is 0. The molecule has 0 bridgehead atoms. The summed E-state index contributed by atoms with van der Waals surface area (Å²) in [4.78, 5) is 0. The topological polar surface area (TPSA) is 46.6 Å². The van der Waals surface area contributed by atoms with Crippen LogP contribution in [-0.4, -0.2) is 31.2 Å². The van der Waals surface area contributed by atoms with E-state index >= 15 is 0 Å². The van der Waals surface area contributed by atoms with Crippen LogP contribution in [-0.2, 0) is 27.8 Å². The molecular formula is C11H12ClNO3S. The molecule has 0 aliphatic carbocycles. The minimum atomic E-state index is -3.22. The van der Waals surface area contributed by atoms with Crippen LogP contribution in [0.3, 0.4) is 0 Å². The monoisotopic (exact) mass is 273 g/mol. The maximum atomic E-state index is 12.2. The Kier molecular flexibility index (Phi) is 2.66. The maximum Gasteiger partial charge on any atom is 0.222 e. The number of hydrogen-bond donors (Lipinski definition) is 0. The van der Waals surface area contributed by atoms with Crippen molar-refractivity contribution in [3.8, 4) is 0 Å². The van der Waals surface area contributed by atoms with Gasteiger partial charge in [0.1, 0.15) is 5.25 Å². The summed E-state index contributed by atoms with van der Waals surface area (Å²) in [6.45, 7) is 1.51. The summed E-state index contributed by atoms with van der Waals surface area (Å²) in [5.74, 6) is 0. The molecule has 0 aromatic heterocycles. The Morgan fingerprint density at radius 3 is 2.59 bits per heavy atom. The molecule has 3 rings (SSSR count). The first-order valence-corrected chi connectivity index (χ1v) is 7.29. The number of rotatable bonds is 2. The molecule has 2 aliphatic rings. The van der Waals surface area contributed by atoms with E-state index in [0.717, 1.165) is 11.1 Å². The third-order valence-corrected chi connectivity index (χ3v) is 5.58. The molecule has 17 heavy (non-hydrogen) atoms. The predicted octanol–water partition coefficient (Wildman–Crippen LogP) is 1.38. The predicted molar refractivity (Wildman–Crippen MR) is 64.2 cm³/mol. The fourth-order valence-corrected chi connectivity index (χ4v) is 3.90. The molecule has 1 aromatic carbocycles. The van der Waals surface area contributed by atoms with Crippen LogP contribution in [0.5, 0.6) is 0 Å². The number of halogens is 1. The van der Waals surface area contributed by atoms with E-state index in [1.807, 2.05) is 12.1 Å². The van der Waals surface area contributed by atoms with Crippen LogP contribution < -0.4 is 0 Å². The summed E-state index contributed by atoms with van der Waals surface area (Å²) < 4.78 is 30.8. The van der Waals surface area contributed by atoms with Gasteiger partial charge in [-0.25, -0.2) is 8.42 Å². The third kappa shape index (κ3) is 1.87. The third-order valence-electron chi connectivity index (χ3n) is 3.25. The Bertz CT molecular complexity index is 554. The highest BCUT2D eigenvalue weighted by molar-refractivity contribution is 7.89. The lowest BCUT2D eigenvalue weighted by Crippen LogP contribution is -2.47. The van der Waals surface area contributed by atoms with Crippen molar-refractivity contribution in [2.45, 2.75) is 18.3 Å². The first-order chi connectivity index (χ1) is 8.07. The van der Waals surface area contributed by atoms with Gasteiger partial charge in [-0.2, -0.15) is 4.31 Å². The van der Waals surface area contributed by atoms with Gasteiger partial charge in [0.25, 0.3) is 0 Å². The highest BCUT2D eigenvalue weighted by atomic mass is 35.5. The Hall–Kier alpha value is -0.620. The van der Waals surface area contributed by atoms with Gasteiger partial charge in [0.15, 0.2) is 0 Å². The number of benzene rings is 1. The molecule has 0 spiro atoms. The van der Waals surface area contributed by atoms with Crippen molar-refractivity contribution in [2.75, 3.05) is 13.2 Å². The van der Waals surface area contributed by atoms with Crippen molar-refractivity contribution in [1.29, 1.82) is 0 Å². The molecule has 2 heterocycles. The summed E-state index contributed by atoms with van der Waals surface area (Å²) in [7, 11) is -3.22. The van der Waals surface area contributed by atoms with Crippen LogP contribution in [0.4, 0.5) is 0 Å². The molecule has 2 aliphatic heterocycles. The number of sulfonamides is 1. The largest absolute Gasteiger partial charge is 0.378 e. The zero-order valence-corrected chi connectivity index (χ0v) is 10.7. The summed E-state index contributed by atoms with van der Waals surface area (Å²) >= 11 is 5.90. The zero-order valence-electron chi connectivity index (χ0n) is 9.10. The summed E-state index contributed by atoms with van der Waals surface area (Å²) in [6, 6.07) is 5.52. The molecule has 1 fully saturated rings. The molecule has 92 valence electrons. The number of fused-ring (bicyclic) bond motifs is 1. The van der Waals surface area contributed by atoms with Crippen LogP contribution >= 0.6 is 11.6 Å². The highest BCUT2D eigenvalue weighted by Gasteiger charge is 2.39. The van der Waals surface area contributed by atoms with Gasteiger partial charge in [0.05, 0.1) is 13.2 Å². The van der Waals surface area contributed by atoms with E-state index in [0.29, 0.717) is 31.3 Å². The highest BCUT2D eigenvalue weighted by Crippen LogP contribution is 2.30. The van der Waals surface area contributed by atoms with Gasteiger partial charge >= 0.3 is 0 Å². The molecule has 1 saturated heterocycles. The Labute approximate surface area is 105 Å². The molecular weight excluding hydrogens is 262 g/mol. The van der Waals surface area contributed by atoms with Gasteiger partial charge < -0.3 is 4.74 Å². The van der Waals surface area contributed by atoms with Gasteiger partial charge in [0.2, 0.25) is 10.0 Å². The van der Waals surface area contributed by atoms with Crippen molar-refractivity contribution in [3.63, 3.8) is 0 Å². The van der Waals surface area contributed by atoms with Crippen molar-refractivity contribution in [2.24, 2.45) is 0 Å². The smallest absolute Gasteiger partial charge is 0.222 e. The number of ether oxygens (including phenoxy) is 1. The molecule has 0 amide bonds. The molecule has 6 heteroatoms. The van der Waals surface area contributed by atoms with E-state index in [4.69, 9.17) is 16.3 Å². The zero-order chi connectivity index (χ0) is 12.0.